The Morgan fingerprint density at radius 1 is 1.00 bits per heavy atom. The van der Waals surface area contributed by atoms with Crippen molar-refractivity contribution in [2.24, 2.45) is 7.05 Å². The van der Waals surface area contributed by atoms with Gasteiger partial charge >= 0.3 is 6.18 Å². The van der Waals surface area contributed by atoms with Crippen LogP contribution in [0.15, 0.2) is 60.8 Å². The van der Waals surface area contributed by atoms with E-state index in [-0.39, 0.29) is 17.2 Å². The van der Waals surface area contributed by atoms with Gasteiger partial charge in [-0.15, -0.1) is 0 Å². The van der Waals surface area contributed by atoms with Crippen molar-refractivity contribution in [3.05, 3.63) is 77.9 Å². The summed E-state index contributed by atoms with van der Waals surface area (Å²) in [6.45, 7) is 0. The Morgan fingerprint density at radius 2 is 1.73 bits per heavy atom. The fourth-order valence-electron chi connectivity index (χ4n) is 2.97. The van der Waals surface area contributed by atoms with Gasteiger partial charge in [-0.25, -0.2) is 4.39 Å². The van der Waals surface area contributed by atoms with Crippen molar-refractivity contribution in [1.82, 2.24) is 14.8 Å². The molecule has 2 aromatic heterocycles. The summed E-state index contributed by atoms with van der Waals surface area (Å²) in [4.78, 5) is 16.8. The van der Waals surface area contributed by atoms with Gasteiger partial charge in [-0.3, -0.25) is 14.5 Å². The number of anilines is 1. The van der Waals surface area contributed by atoms with Gasteiger partial charge in [0.2, 0.25) is 0 Å². The van der Waals surface area contributed by atoms with E-state index >= 15 is 0 Å². The minimum Gasteiger partial charge on any atom is -0.307 e. The van der Waals surface area contributed by atoms with Crippen molar-refractivity contribution < 1.29 is 22.4 Å². The van der Waals surface area contributed by atoms with Crippen molar-refractivity contribution >= 4 is 22.6 Å². The Balaban J connectivity index is 1.59. The van der Waals surface area contributed by atoms with Crippen LogP contribution in [0.25, 0.3) is 22.0 Å². The zero-order valence-electron chi connectivity index (χ0n) is 15.5. The number of aryl methyl sites for hydroxylation is 1. The monoisotopic (exact) mass is 414 g/mol. The summed E-state index contributed by atoms with van der Waals surface area (Å²) < 4.78 is 52.4. The van der Waals surface area contributed by atoms with Gasteiger partial charge in [0.1, 0.15) is 11.6 Å². The molecule has 4 aromatic rings. The molecule has 2 heterocycles. The number of fused-ring (bicyclic) bond motifs is 1. The second kappa shape index (κ2) is 7.25. The van der Waals surface area contributed by atoms with Gasteiger partial charge < -0.3 is 5.32 Å². The Labute approximate surface area is 168 Å². The number of carbonyl (C=O) groups excluding carboxylic acids is 1. The van der Waals surface area contributed by atoms with E-state index in [0.29, 0.717) is 5.52 Å². The second-order valence-electron chi connectivity index (χ2n) is 6.63. The number of nitrogens with zero attached hydrogens (tertiary/aromatic N) is 3. The van der Waals surface area contributed by atoms with Crippen LogP contribution >= 0.6 is 0 Å². The fraction of sp³-hybridized carbons (Fsp3) is 0.0952. The van der Waals surface area contributed by atoms with E-state index < -0.39 is 17.8 Å². The van der Waals surface area contributed by atoms with Crippen LogP contribution in [-0.4, -0.2) is 20.7 Å². The van der Waals surface area contributed by atoms with Crippen molar-refractivity contribution in [3.8, 4) is 11.1 Å². The Hall–Kier alpha value is -3.75. The van der Waals surface area contributed by atoms with Crippen molar-refractivity contribution in [1.29, 1.82) is 0 Å². The van der Waals surface area contributed by atoms with Crippen LogP contribution in [-0.2, 0) is 13.2 Å². The molecule has 2 aromatic carbocycles. The summed E-state index contributed by atoms with van der Waals surface area (Å²) in [6, 6.07) is 13.4. The third-order valence-corrected chi connectivity index (χ3v) is 4.54. The number of nitrogens with one attached hydrogen (secondary N) is 1. The first-order valence-corrected chi connectivity index (χ1v) is 8.79. The molecule has 152 valence electrons. The third-order valence-electron chi connectivity index (χ3n) is 4.54. The van der Waals surface area contributed by atoms with Gasteiger partial charge in [0.05, 0.1) is 5.52 Å². The molecule has 0 saturated carbocycles. The minimum absolute atomic E-state index is 0.0768. The molecule has 9 heteroatoms. The number of aromatic nitrogens is 3. The predicted molar refractivity (Wildman–Crippen MR) is 103 cm³/mol. The topological polar surface area (TPSA) is 59.8 Å². The number of carbonyl (C=O) groups is 1. The molecule has 0 radical (unpaired) electrons. The van der Waals surface area contributed by atoms with Crippen LogP contribution in [0.2, 0.25) is 0 Å². The number of amides is 1. The minimum atomic E-state index is -4.60. The number of hydrogen-bond acceptors (Lipinski definition) is 3. The van der Waals surface area contributed by atoms with Crippen LogP contribution in [0.1, 0.15) is 16.1 Å². The molecule has 0 aliphatic carbocycles. The smallest absolute Gasteiger partial charge is 0.307 e. The normalized spacial score (nSPS) is 11.6. The molecule has 0 unspecified atom stereocenters. The number of halogens is 4. The highest BCUT2D eigenvalue weighted by Gasteiger charge is 2.34. The molecule has 0 fully saturated rings. The maximum absolute atomic E-state index is 13.1. The SMILES string of the molecule is Cn1nc(C(F)(F)F)cc1NC(=O)c1ccc2cc(-c3ccc(F)cc3)cnc2c1. The Morgan fingerprint density at radius 3 is 2.40 bits per heavy atom. The van der Waals surface area contributed by atoms with Crippen LogP contribution in [0.3, 0.4) is 0 Å². The number of hydrogen-bond donors (Lipinski definition) is 1. The zero-order chi connectivity index (χ0) is 21.5. The highest BCUT2D eigenvalue weighted by Crippen LogP contribution is 2.30. The molecule has 0 spiro atoms. The predicted octanol–water partition coefficient (Wildman–Crippen LogP) is 5.05. The molecular weight excluding hydrogens is 400 g/mol. The lowest BCUT2D eigenvalue weighted by molar-refractivity contribution is -0.141. The average molecular weight is 414 g/mol. The van der Waals surface area contributed by atoms with E-state index in [1.54, 1.807) is 36.5 Å². The van der Waals surface area contributed by atoms with Crippen molar-refractivity contribution in [3.63, 3.8) is 0 Å². The standard InChI is InChI=1S/C21H14F4N4O/c1-29-19(10-18(28-29)21(23,24)25)27-20(30)14-3-2-13-8-15(11-26-17(13)9-14)12-4-6-16(22)7-5-12/h2-11H,1H3,(H,27,30). The van der Waals surface area contributed by atoms with Crippen LogP contribution < -0.4 is 5.32 Å². The lowest BCUT2D eigenvalue weighted by Gasteiger charge is -2.07. The molecule has 1 N–H and O–H groups in total. The van der Waals surface area contributed by atoms with Gasteiger partial charge in [-0.05, 0) is 35.9 Å². The molecule has 30 heavy (non-hydrogen) atoms. The Kier molecular flexibility index (Phi) is 4.73. The molecule has 0 bridgehead atoms. The summed E-state index contributed by atoms with van der Waals surface area (Å²) in [5.74, 6) is -0.996. The first-order chi connectivity index (χ1) is 14.2. The number of rotatable bonds is 3. The van der Waals surface area contributed by atoms with E-state index in [1.165, 1.54) is 19.2 Å². The van der Waals surface area contributed by atoms with Crippen LogP contribution in [0.4, 0.5) is 23.4 Å². The first kappa shape index (κ1) is 19.6. The quantitative estimate of drug-likeness (QED) is 0.478. The van der Waals surface area contributed by atoms with Crippen LogP contribution in [0.5, 0.6) is 0 Å². The number of benzene rings is 2. The van der Waals surface area contributed by atoms with Gasteiger partial charge in [0.25, 0.3) is 5.91 Å². The van der Waals surface area contributed by atoms with Crippen molar-refractivity contribution in [2.75, 3.05) is 5.32 Å². The molecule has 0 saturated heterocycles. The summed E-state index contributed by atoms with van der Waals surface area (Å²) >= 11 is 0. The first-order valence-electron chi connectivity index (χ1n) is 8.79. The fourth-order valence-corrected chi connectivity index (χ4v) is 2.97. The van der Waals surface area contributed by atoms with Crippen molar-refractivity contribution in [2.45, 2.75) is 6.18 Å². The van der Waals surface area contributed by atoms with Gasteiger partial charge in [-0.1, -0.05) is 18.2 Å². The lowest BCUT2D eigenvalue weighted by Crippen LogP contribution is -2.14. The maximum Gasteiger partial charge on any atom is 0.435 e. The number of pyridine rings is 1. The average Bonchev–Trinajstić information content (AvgIpc) is 3.08. The molecule has 0 atom stereocenters. The van der Waals surface area contributed by atoms with E-state index in [4.69, 9.17) is 0 Å². The van der Waals surface area contributed by atoms with Gasteiger partial charge in [-0.2, -0.15) is 18.3 Å². The van der Waals surface area contributed by atoms with Gasteiger partial charge in [0.15, 0.2) is 5.69 Å². The van der Waals surface area contributed by atoms with Gasteiger partial charge in [0, 0.05) is 35.8 Å². The molecule has 4 rings (SSSR count). The van der Waals surface area contributed by atoms with E-state index in [9.17, 15) is 22.4 Å². The summed E-state index contributed by atoms with van der Waals surface area (Å²) in [5.41, 5.74) is 1.26. The van der Waals surface area contributed by atoms with Crippen LogP contribution in [0, 0.1) is 5.82 Å². The van der Waals surface area contributed by atoms with E-state index in [1.807, 2.05) is 6.07 Å². The van der Waals surface area contributed by atoms with E-state index in [2.05, 4.69) is 15.4 Å². The lowest BCUT2D eigenvalue weighted by atomic mass is 10.0. The highest BCUT2D eigenvalue weighted by molar-refractivity contribution is 6.05. The highest BCUT2D eigenvalue weighted by atomic mass is 19.4. The second-order valence-corrected chi connectivity index (χ2v) is 6.63. The molecule has 0 aliphatic rings. The summed E-state index contributed by atoms with van der Waals surface area (Å²) in [6.07, 6.45) is -3.00. The molecule has 1 amide bonds. The van der Waals surface area contributed by atoms with E-state index in [0.717, 1.165) is 27.3 Å². The molecule has 0 aliphatic heterocycles. The zero-order valence-corrected chi connectivity index (χ0v) is 15.5. The summed E-state index contributed by atoms with van der Waals surface area (Å²) in [7, 11) is 1.31. The molecular formula is C21H14F4N4O. The third kappa shape index (κ3) is 3.86. The maximum atomic E-state index is 13.1. The summed E-state index contributed by atoms with van der Waals surface area (Å²) in [5, 5.41) is 6.55. The number of alkyl halides is 3. The molecule has 5 nitrogen and oxygen atoms in total. The largest absolute Gasteiger partial charge is 0.435 e. The Bertz CT molecular complexity index is 1250.